The third kappa shape index (κ3) is 4.41. The number of carbonyl (C=O) groups is 2. The zero-order valence-corrected chi connectivity index (χ0v) is 17.8. The number of nitrogens with one attached hydrogen (secondary N) is 2. The van der Waals surface area contributed by atoms with Gasteiger partial charge in [-0.2, -0.15) is 18.3 Å². The number of carbonyl (C=O) groups excluding carboxylic acids is 2. The Kier molecular flexibility index (Phi) is 5.84. The molecule has 1 aliphatic carbocycles. The van der Waals surface area contributed by atoms with E-state index < -0.39 is 23.6 Å². The van der Waals surface area contributed by atoms with E-state index in [0.717, 1.165) is 6.07 Å². The molecule has 2 N–H and O–H groups in total. The molecule has 0 spiro atoms. The average Bonchev–Trinajstić information content (AvgIpc) is 3.35. The maximum atomic E-state index is 13.3. The van der Waals surface area contributed by atoms with Crippen molar-refractivity contribution in [3.63, 3.8) is 0 Å². The molecule has 2 heterocycles. The van der Waals surface area contributed by atoms with Crippen LogP contribution in [-0.4, -0.2) is 17.5 Å². The van der Waals surface area contributed by atoms with Gasteiger partial charge in [0.15, 0.2) is 5.76 Å². The van der Waals surface area contributed by atoms with Gasteiger partial charge in [0.05, 0.1) is 28.8 Å². The summed E-state index contributed by atoms with van der Waals surface area (Å²) in [5, 5.41) is 6.52. The van der Waals surface area contributed by atoms with E-state index in [-0.39, 0.29) is 11.4 Å². The van der Waals surface area contributed by atoms with Gasteiger partial charge in [-0.25, -0.2) is 5.43 Å². The Hall–Kier alpha value is -3.82. The Morgan fingerprint density at radius 1 is 1.06 bits per heavy atom. The summed E-state index contributed by atoms with van der Waals surface area (Å²) in [6, 6.07) is 6.25. The lowest BCUT2D eigenvalue weighted by Gasteiger charge is -2.13. The van der Waals surface area contributed by atoms with Gasteiger partial charge in [-0.05, 0) is 44.9 Å². The first kappa shape index (κ1) is 22.4. The van der Waals surface area contributed by atoms with Crippen molar-refractivity contribution >= 4 is 23.2 Å². The zero-order valence-electron chi connectivity index (χ0n) is 17.8. The van der Waals surface area contributed by atoms with Crippen molar-refractivity contribution in [3.8, 4) is 0 Å². The molecule has 0 fully saturated rings. The molecule has 172 valence electrons. The molecule has 0 radical (unpaired) electrons. The number of hydrogen-bond acceptors (Lipinski definition) is 5. The van der Waals surface area contributed by atoms with Crippen LogP contribution in [0.25, 0.3) is 0 Å². The van der Waals surface area contributed by atoms with E-state index in [1.165, 1.54) is 30.5 Å². The molecule has 10 heteroatoms. The third-order valence-corrected chi connectivity index (χ3v) is 5.41. The fraction of sp³-hybridized carbons (Fsp3) is 0.261. The van der Waals surface area contributed by atoms with Crippen molar-refractivity contribution < 1.29 is 31.6 Å². The first-order valence-corrected chi connectivity index (χ1v) is 10.2. The maximum Gasteiger partial charge on any atom is 0.418 e. The summed E-state index contributed by atoms with van der Waals surface area (Å²) in [4.78, 5) is 25.1. The number of aryl methyl sites for hydroxylation is 2. The molecule has 0 atom stereocenters. The second-order valence-electron chi connectivity index (χ2n) is 7.60. The van der Waals surface area contributed by atoms with Gasteiger partial charge in [-0.1, -0.05) is 12.1 Å². The SMILES string of the molecule is Cc1occc1C(=O)N/N=C1\CCCc2oc(C(=O)Nc3ccccc3C(F)(F)F)c(C)c21. The summed E-state index contributed by atoms with van der Waals surface area (Å²) in [5.74, 6) is -0.376. The van der Waals surface area contributed by atoms with Gasteiger partial charge in [0.2, 0.25) is 0 Å². The van der Waals surface area contributed by atoms with Crippen LogP contribution in [0, 0.1) is 13.8 Å². The van der Waals surface area contributed by atoms with E-state index in [4.69, 9.17) is 8.83 Å². The molecule has 0 saturated heterocycles. The van der Waals surface area contributed by atoms with Crippen molar-refractivity contribution in [1.82, 2.24) is 5.43 Å². The fourth-order valence-electron chi connectivity index (χ4n) is 3.81. The molecule has 33 heavy (non-hydrogen) atoms. The number of rotatable bonds is 4. The van der Waals surface area contributed by atoms with E-state index in [9.17, 15) is 22.8 Å². The van der Waals surface area contributed by atoms with Crippen LogP contribution in [0.15, 0.2) is 50.5 Å². The van der Waals surface area contributed by atoms with Crippen LogP contribution in [-0.2, 0) is 12.6 Å². The summed E-state index contributed by atoms with van der Waals surface area (Å²) >= 11 is 0. The van der Waals surface area contributed by atoms with E-state index in [2.05, 4.69) is 15.8 Å². The quantitative estimate of drug-likeness (QED) is 0.522. The van der Waals surface area contributed by atoms with Crippen molar-refractivity contribution in [3.05, 3.63) is 76.1 Å². The predicted molar refractivity (Wildman–Crippen MR) is 113 cm³/mol. The highest BCUT2D eigenvalue weighted by Crippen LogP contribution is 2.35. The first-order chi connectivity index (χ1) is 15.7. The number of amides is 2. The molecule has 7 nitrogen and oxygen atoms in total. The lowest BCUT2D eigenvalue weighted by molar-refractivity contribution is -0.136. The molecule has 0 bridgehead atoms. The predicted octanol–water partition coefficient (Wildman–Crippen LogP) is 5.23. The second-order valence-corrected chi connectivity index (χ2v) is 7.60. The standard InChI is InChI=1S/C23H20F3N3O4/c1-12-19-17(28-29-21(30)14-10-11-32-13(14)2)8-5-9-18(19)33-20(12)22(31)27-16-7-4-3-6-15(16)23(24,25)26/h3-4,6-7,10-11H,5,8-9H2,1-2H3,(H,27,31)(H,29,30)/b28-17+. The number of benzene rings is 1. The number of furan rings is 2. The minimum atomic E-state index is -4.62. The molecule has 0 aliphatic heterocycles. The number of fused-ring (bicyclic) bond motifs is 1. The smallest absolute Gasteiger partial charge is 0.418 e. The Morgan fingerprint density at radius 3 is 2.52 bits per heavy atom. The number of hydrazone groups is 1. The number of para-hydroxylation sites is 1. The topological polar surface area (TPSA) is 96.8 Å². The van der Waals surface area contributed by atoms with Crippen molar-refractivity contribution in [2.75, 3.05) is 5.32 Å². The molecular formula is C23H20F3N3O4. The second kappa shape index (κ2) is 8.61. The van der Waals surface area contributed by atoms with Crippen molar-refractivity contribution in [2.24, 2.45) is 5.10 Å². The first-order valence-electron chi connectivity index (χ1n) is 10.2. The van der Waals surface area contributed by atoms with Gasteiger partial charge in [0.1, 0.15) is 11.5 Å². The van der Waals surface area contributed by atoms with Gasteiger partial charge in [0.25, 0.3) is 11.8 Å². The van der Waals surface area contributed by atoms with Crippen LogP contribution < -0.4 is 10.7 Å². The van der Waals surface area contributed by atoms with E-state index >= 15 is 0 Å². The molecule has 1 aliphatic rings. The van der Waals surface area contributed by atoms with Gasteiger partial charge in [-0.3, -0.25) is 9.59 Å². The molecule has 4 rings (SSSR count). The zero-order chi connectivity index (χ0) is 23.8. The molecular weight excluding hydrogens is 439 g/mol. The van der Waals surface area contributed by atoms with E-state index in [0.29, 0.717) is 53.2 Å². The third-order valence-electron chi connectivity index (χ3n) is 5.41. The van der Waals surface area contributed by atoms with Gasteiger partial charge < -0.3 is 14.2 Å². The average molecular weight is 459 g/mol. The number of hydrogen-bond donors (Lipinski definition) is 2. The molecule has 3 aromatic rings. The van der Waals surface area contributed by atoms with Gasteiger partial charge >= 0.3 is 6.18 Å². The molecule has 2 aromatic heterocycles. The van der Waals surface area contributed by atoms with Crippen molar-refractivity contribution in [2.45, 2.75) is 39.3 Å². The highest BCUT2D eigenvalue weighted by atomic mass is 19.4. The largest absolute Gasteiger partial charge is 0.469 e. The number of nitrogens with zero attached hydrogens (tertiary/aromatic N) is 1. The lowest BCUT2D eigenvalue weighted by atomic mass is 9.93. The van der Waals surface area contributed by atoms with Crippen LogP contribution in [0.2, 0.25) is 0 Å². The molecule has 0 unspecified atom stereocenters. The number of halogens is 3. The van der Waals surface area contributed by atoms with Crippen LogP contribution in [0.5, 0.6) is 0 Å². The highest BCUT2D eigenvalue weighted by molar-refractivity contribution is 6.09. The van der Waals surface area contributed by atoms with Gasteiger partial charge in [0, 0.05) is 17.5 Å². The number of anilines is 1. The Bertz CT molecular complexity index is 1250. The van der Waals surface area contributed by atoms with Crippen molar-refractivity contribution in [1.29, 1.82) is 0 Å². The van der Waals surface area contributed by atoms with Crippen LogP contribution in [0.1, 0.15) is 62.0 Å². The van der Waals surface area contributed by atoms with Crippen LogP contribution in [0.3, 0.4) is 0 Å². The Balaban J connectivity index is 1.60. The van der Waals surface area contributed by atoms with Gasteiger partial charge in [-0.15, -0.1) is 0 Å². The Morgan fingerprint density at radius 2 is 1.82 bits per heavy atom. The normalized spacial score (nSPS) is 14.8. The van der Waals surface area contributed by atoms with Crippen LogP contribution >= 0.6 is 0 Å². The Labute approximate surface area is 186 Å². The number of alkyl halides is 3. The lowest BCUT2D eigenvalue weighted by Crippen LogP contribution is -2.22. The monoisotopic (exact) mass is 459 g/mol. The summed E-state index contributed by atoms with van der Waals surface area (Å²) in [6.45, 7) is 3.29. The summed E-state index contributed by atoms with van der Waals surface area (Å²) in [7, 11) is 0. The summed E-state index contributed by atoms with van der Waals surface area (Å²) in [6.07, 6.45) is -1.46. The highest BCUT2D eigenvalue weighted by Gasteiger charge is 2.34. The van der Waals surface area contributed by atoms with E-state index in [1.54, 1.807) is 13.8 Å². The van der Waals surface area contributed by atoms with E-state index in [1.807, 2.05) is 0 Å². The molecule has 0 saturated carbocycles. The van der Waals surface area contributed by atoms with Crippen LogP contribution in [0.4, 0.5) is 18.9 Å². The maximum absolute atomic E-state index is 13.3. The summed E-state index contributed by atoms with van der Waals surface area (Å²) in [5.41, 5.74) is 3.08. The molecule has 2 amide bonds. The summed E-state index contributed by atoms with van der Waals surface area (Å²) < 4.78 is 50.6. The molecule has 1 aromatic carbocycles. The minimum absolute atomic E-state index is 0.0939. The fourth-order valence-corrected chi connectivity index (χ4v) is 3.81. The minimum Gasteiger partial charge on any atom is -0.469 e.